The number of nitro benzene ring substituents is 1. The van der Waals surface area contributed by atoms with Gasteiger partial charge in [0.15, 0.2) is 4.80 Å². The molecule has 0 fully saturated rings. The number of benzene rings is 2. The first-order chi connectivity index (χ1) is 17.1. The Balaban J connectivity index is 1.95. The van der Waals surface area contributed by atoms with Crippen molar-refractivity contribution in [2.45, 2.75) is 32.9 Å². The number of ether oxygens (including phenoxy) is 2. The van der Waals surface area contributed by atoms with Gasteiger partial charge >= 0.3 is 5.97 Å². The van der Waals surface area contributed by atoms with Gasteiger partial charge in [0.1, 0.15) is 5.75 Å². The summed E-state index contributed by atoms with van der Waals surface area (Å²) < 4.78 is 12.2. The van der Waals surface area contributed by atoms with Crippen molar-refractivity contribution in [3.8, 4) is 11.5 Å². The Morgan fingerprint density at radius 3 is 2.53 bits per heavy atom. The minimum absolute atomic E-state index is 0.00520. The number of allylic oxidation sites excluding steroid dienone is 1. The van der Waals surface area contributed by atoms with Gasteiger partial charge in [-0.25, -0.2) is 9.79 Å². The molecular weight excluding hydrogens is 486 g/mol. The zero-order chi connectivity index (χ0) is 26.1. The number of methoxy groups -OCH3 is 1. The molecule has 1 atom stereocenters. The van der Waals surface area contributed by atoms with Gasteiger partial charge in [0.25, 0.3) is 11.2 Å². The number of carbonyl (C=O) groups excluding carboxylic acids is 1. The molecule has 0 spiro atoms. The Kier molecular flexibility index (Phi) is 6.75. The van der Waals surface area contributed by atoms with Crippen LogP contribution in [0.2, 0.25) is 0 Å². The van der Waals surface area contributed by atoms with Crippen LogP contribution in [-0.4, -0.2) is 28.7 Å². The zero-order valence-electron chi connectivity index (χ0n) is 19.9. The summed E-state index contributed by atoms with van der Waals surface area (Å²) in [7, 11) is 1.53. The predicted octanol–water partition coefficient (Wildman–Crippen LogP) is 2.18. The first-order valence-electron chi connectivity index (χ1n) is 10.9. The van der Waals surface area contributed by atoms with Crippen LogP contribution in [0, 0.1) is 10.1 Å². The maximum atomic E-state index is 13.6. The summed E-state index contributed by atoms with van der Waals surface area (Å²) in [6.45, 7) is 5.12. The lowest BCUT2D eigenvalue weighted by Crippen LogP contribution is -2.40. The molecule has 4 rings (SSSR count). The SMILES string of the molecule is COc1ccc([C@@H]2C(C(=O)OC(C)C)=C(C)N=c3s/c(=C/c4cccc([N+](=O)[O-])c4[O-])c(=O)n32)cc1. The number of carbonyl (C=O) groups is 1. The van der Waals surface area contributed by atoms with Gasteiger partial charge in [-0.3, -0.25) is 19.5 Å². The molecule has 36 heavy (non-hydrogen) atoms. The number of fused-ring (bicyclic) bond motifs is 1. The van der Waals surface area contributed by atoms with Gasteiger partial charge in [-0.1, -0.05) is 35.6 Å². The number of hydrogen-bond acceptors (Lipinski definition) is 9. The van der Waals surface area contributed by atoms with E-state index >= 15 is 0 Å². The molecule has 1 aromatic heterocycles. The van der Waals surface area contributed by atoms with E-state index in [1.54, 1.807) is 45.0 Å². The summed E-state index contributed by atoms with van der Waals surface area (Å²) in [4.78, 5) is 41.9. The molecule has 0 unspecified atom stereocenters. The number of nitro groups is 1. The van der Waals surface area contributed by atoms with Gasteiger partial charge in [-0.05, 0) is 55.9 Å². The van der Waals surface area contributed by atoms with Gasteiger partial charge < -0.3 is 14.6 Å². The molecule has 11 heteroatoms. The van der Waals surface area contributed by atoms with Crippen LogP contribution in [0.15, 0.2) is 63.5 Å². The quantitative estimate of drug-likeness (QED) is 0.283. The van der Waals surface area contributed by atoms with Gasteiger partial charge in [0.2, 0.25) is 0 Å². The Morgan fingerprint density at radius 2 is 1.92 bits per heavy atom. The molecular formula is C25H22N3O7S-. The molecule has 186 valence electrons. The molecule has 0 bridgehead atoms. The summed E-state index contributed by atoms with van der Waals surface area (Å²) in [5.41, 5.74) is 0.177. The van der Waals surface area contributed by atoms with E-state index < -0.39 is 33.9 Å². The van der Waals surface area contributed by atoms with E-state index in [9.17, 15) is 24.8 Å². The first kappa shape index (κ1) is 24.9. The average Bonchev–Trinajstić information content (AvgIpc) is 3.13. The Labute approximate surface area is 209 Å². The van der Waals surface area contributed by atoms with Gasteiger partial charge in [0, 0.05) is 6.07 Å². The molecule has 3 aromatic rings. The lowest BCUT2D eigenvalue weighted by Gasteiger charge is -2.25. The van der Waals surface area contributed by atoms with E-state index in [2.05, 4.69) is 4.99 Å². The van der Waals surface area contributed by atoms with E-state index in [0.29, 0.717) is 21.8 Å². The van der Waals surface area contributed by atoms with Crippen LogP contribution in [0.5, 0.6) is 11.5 Å². The van der Waals surface area contributed by atoms with Crippen molar-refractivity contribution in [3.63, 3.8) is 0 Å². The van der Waals surface area contributed by atoms with Crippen LogP contribution < -0.4 is 24.7 Å². The molecule has 0 N–H and O–H groups in total. The van der Waals surface area contributed by atoms with Crippen molar-refractivity contribution < 1.29 is 24.3 Å². The average molecular weight is 509 g/mol. The van der Waals surface area contributed by atoms with Crippen molar-refractivity contribution in [2.75, 3.05) is 7.11 Å². The Hall–Kier alpha value is -4.25. The number of esters is 1. The standard InChI is InChI=1S/C25H23N3O7S/c1-13(2)35-24(31)20-14(3)26-25-27(21(20)15-8-10-17(34-4)11-9-15)23(30)19(36-25)12-16-6-5-7-18(22(16)29)28(32)33/h5-13,21,29H,1-4H3/p-1/b19-12+/t21-/m1/s1. The van der Waals surface area contributed by atoms with Crippen LogP contribution in [0.1, 0.15) is 37.9 Å². The highest BCUT2D eigenvalue weighted by molar-refractivity contribution is 7.07. The molecule has 1 aliphatic rings. The van der Waals surface area contributed by atoms with Crippen molar-refractivity contribution in [3.05, 3.63) is 94.7 Å². The summed E-state index contributed by atoms with van der Waals surface area (Å²) in [6, 6.07) is 10.0. The lowest BCUT2D eigenvalue weighted by molar-refractivity contribution is -0.398. The van der Waals surface area contributed by atoms with E-state index in [0.717, 1.165) is 17.4 Å². The number of thiazole rings is 1. The number of aromatic nitrogens is 1. The summed E-state index contributed by atoms with van der Waals surface area (Å²) in [5.74, 6) is -0.786. The zero-order valence-corrected chi connectivity index (χ0v) is 20.7. The monoisotopic (exact) mass is 508 g/mol. The topological polar surface area (TPSA) is 136 Å². The predicted molar refractivity (Wildman–Crippen MR) is 131 cm³/mol. The maximum absolute atomic E-state index is 13.6. The third kappa shape index (κ3) is 4.52. The summed E-state index contributed by atoms with van der Waals surface area (Å²) in [6.07, 6.45) is 0.929. The number of para-hydroxylation sites is 1. The molecule has 0 radical (unpaired) electrons. The minimum Gasteiger partial charge on any atom is -0.867 e. The van der Waals surface area contributed by atoms with Crippen molar-refractivity contribution in [1.82, 2.24) is 4.57 Å². The molecule has 0 saturated carbocycles. The molecule has 2 aromatic carbocycles. The third-order valence-corrected chi connectivity index (χ3v) is 6.51. The highest BCUT2D eigenvalue weighted by Gasteiger charge is 2.33. The summed E-state index contributed by atoms with van der Waals surface area (Å²) >= 11 is 1.03. The van der Waals surface area contributed by atoms with Crippen molar-refractivity contribution >= 4 is 29.1 Å². The van der Waals surface area contributed by atoms with Crippen molar-refractivity contribution in [1.29, 1.82) is 0 Å². The van der Waals surface area contributed by atoms with Gasteiger partial charge in [-0.2, -0.15) is 0 Å². The fourth-order valence-electron chi connectivity index (χ4n) is 3.90. The lowest BCUT2D eigenvalue weighted by atomic mass is 9.96. The van der Waals surface area contributed by atoms with Crippen LogP contribution in [0.25, 0.3) is 6.08 Å². The van der Waals surface area contributed by atoms with E-state index in [1.165, 1.54) is 29.9 Å². The minimum atomic E-state index is -0.836. The second-order valence-corrected chi connectivity index (χ2v) is 9.27. The van der Waals surface area contributed by atoms with Crippen LogP contribution >= 0.6 is 11.3 Å². The Morgan fingerprint density at radius 1 is 1.22 bits per heavy atom. The van der Waals surface area contributed by atoms with E-state index in [-0.39, 0.29) is 21.8 Å². The van der Waals surface area contributed by atoms with E-state index in [4.69, 9.17) is 9.47 Å². The smallest absolute Gasteiger partial charge is 0.338 e. The first-order valence-corrected chi connectivity index (χ1v) is 11.8. The number of nitrogens with zero attached hydrogens (tertiary/aromatic N) is 3. The fraction of sp³-hybridized carbons (Fsp3) is 0.240. The highest BCUT2D eigenvalue weighted by atomic mass is 32.1. The van der Waals surface area contributed by atoms with E-state index in [1.807, 2.05) is 0 Å². The second kappa shape index (κ2) is 9.78. The molecule has 10 nitrogen and oxygen atoms in total. The Bertz CT molecular complexity index is 1570. The van der Waals surface area contributed by atoms with Crippen LogP contribution in [-0.2, 0) is 9.53 Å². The molecule has 0 aliphatic carbocycles. The largest absolute Gasteiger partial charge is 0.867 e. The number of hydrogen-bond donors (Lipinski definition) is 0. The van der Waals surface area contributed by atoms with Gasteiger partial charge in [0.05, 0.1) is 40.0 Å². The number of rotatable bonds is 6. The van der Waals surface area contributed by atoms with Crippen molar-refractivity contribution in [2.24, 2.45) is 4.99 Å². The third-order valence-electron chi connectivity index (χ3n) is 5.52. The molecule has 0 amide bonds. The van der Waals surface area contributed by atoms with Crippen LogP contribution in [0.4, 0.5) is 5.69 Å². The van der Waals surface area contributed by atoms with Gasteiger partial charge in [-0.15, -0.1) is 0 Å². The maximum Gasteiger partial charge on any atom is 0.338 e. The normalized spacial score (nSPS) is 15.5. The highest BCUT2D eigenvalue weighted by Crippen LogP contribution is 2.32. The molecule has 1 aliphatic heterocycles. The summed E-state index contributed by atoms with van der Waals surface area (Å²) in [5, 5.41) is 23.7. The second-order valence-electron chi connectivity index (χ2n) is 8.26. The fourth-order valence-corrected chi connectivity index (χ4v) is 4.94. The molecule has 2 heterocycles. The van der Waals surface area contributed by atoms with Crippen LogP contribution in [0.3, 0.4) is 0 Å². The molecule has 0 saturated heterocycles.